The molecular weight excluding hydrogens is 328 g/mol. The number of rotatable bonds is 3. The van der Waals surface area contributed by atoms with Gasteiger partial charge in [0.2, 0.25) is 0 Å². The van der Waals surface area contributed by atoms with E-state index in [9.17, 15) is 24.9 Å². The van der Waals surface area contributed by atoms with Gasteiger partial charge in [-0.1, -0.05) is 29.3 Å². The predicted octanol–water partition coefficient (Wildman–Crippen LogP) is -0.568. The Morgan fingerprint density at radius 1 is 1.12 bits per heavy atom. The number of nitrogens with zero attached hydrogens (tertiary/aromatic N) is 1. The monoisotopic (exact) mass is 348 g/mol. The Bertz CT molecular complexity index is 882. The topological polar surface area (TPSA) is 125 Å². The standard InChI is InChI=1S/C17H20N2O6/c1-8-3-9(2)5-10(4-8)11-6-19(17(24)18-15(11)23)16-14(22)13(21)12(7-20)25-16/h3-6,12-14,16,20-22H,7H2,1-2H3,(H,18,23,24)/t12-,13-,14-,16-/m1/s1. The lowest BCUT2D eigenvalue weighted by Gasteiger charge is -2.18. The highest BCUT2D eigenvalue weighted by atomic mass is 16.6. The Morgan fingerprint density at radius 2 is 1.76 bits per heavy atom. The number of aryl methyl sites for hydroxylation is 2. The number of aliphatic hydroxyl groups excluding tert-OH is 3. The number of nitrogens with one attached hydrogen (secondary N) is 1. The molecule has 4 N–H and O–H groups in total. The number of aromatic amines is 1. The minimum Gasteiger partial charge on any atom is -0.394 e. The first kappa shape index (κ1) is 17.6. The normalized spacial score (nSPS) is 26.1. The molecule has 0 aliphatic carbocycles. The molecule has 25 heavy (non-hydrogen) atoms. The van der Waals surface area contributed by atoms with Gasteiger partial charge in [0.25, 0.3) is 5.56 Å². The van der Waals surface area contributed by atoms with Crippen LogP contribution in [0.5, 0.6) is 0 Å². The van der Waals surface area contributed by atoms with Crippen molar-refractivity contribution in [3.05, 3.63) is 56.4 Å². The molecule has 0 radical (unpaired) electrons. The van der Waals surface area contributed by atoms with Crippen LogP contribution in [-0.4, -0.2) is 49.8 Å². The van der Waals surface area contributed by atoms with Crippen molar-refractivity contribution in [3.8, 4) is 11.1 Å². The summed E-state index contributed by atoms with van der Waals surface area (Å²) in [6, 6.07) is 5.58. The van der Waals surface area contributed by atoms with Crippen LogP contribution in [0, 0.1) is 13.8 Å². The second-order valence-electron chi connectivity index (χ2n) is 6.31. The zero-order valence-corrected chi connectivity index (χ0v) is 13.8. The summed E-state index contributed by atoms with van der Waals surface area (Å²) in [5.74, 6) is 0. The average Bonchev–Trinajstić information content (AvgIpc) is 2.82. The van der Waals surface area contributed by atoms with Crippen molar-refractivity contribution in [1.82, 2.24) is 9.55 Å². The maximum Gasteiger partial charge on any atom is 0.330 e. The van der Waals surface area contributed by atoms with Gasteiger partial charge in [-0.2, -0.15) is 0 Å². The number of ether oxygens (including phenoxy) is 1. The second kappa shape index (κ2) is 6.57. The predicted molar refractivity (Wildman–Crippen MR) is 89.2 cm³/mol. The first-order valence-corrected chi connectivity index (χ1v) is 7.88. The smallest absolute Gasteiger partial charge is 0.330 e. The van der Waals surface area contributed by atoms with Crippen molar-refractivity contribution in [1.29, 1.82) is 0 Å². The fourth-order valence-corrected chi connectivity index (χ4v) is 3.12. The van der Waals surface area contributed by atoms with Gasteiger partial charge in [-0.05, 0) is 19.4 Å². The van der Waals surface area contributed by atoms with E-state index >= 15 is 0 Å². The van der Waals surface area contributed by atoms with E-state index in [1.165, 1.54) is 6.20 Å². The molecule has 1 aliphatic rings. The van der Waals surface area contributed by atoms with Crippen molar-refractivity contribution in [2.45, 2.75) is 38.4 Å². The van der Waals surface area contributed by atoms with E-state index in [0.29, 0.717) is 5.56 Å². The number of hydrogen-bond donors (Lipinski definition) is 4. The molecule has 1 aromatic carbocycles. The Kier molecular flexibility index (Phi) is 4.61. The van der Waals surface area contributed by atoms with Gasteiger partial charge >= 0.3 is 5.69 Å². The Morgan fingerprint density at radius 3 is 2.32 bits per heavy atom. The summed E-state index contributed by atoms with van der Waals surface area (Å²) in [5.41, 5.74) is 1.45. The molecule has 0 saturated carbocycles. The zero-order valence-electron chi connectivity index (χ0n) is 13.8. The number of H-pyrrole nitrogens is 1. The zero-order chi connectivity index (χ0) is 18.3. The van der Waals surface area contributed by atoms with Crippen molar-refractivity contribution in [3.63, 3.8) is 0 Å². The van der Waals surface area contributed by atoms with Gasteiger partial charge in [0.15, 0.2) is 6.23 Å². The largest absolute Gasteiger partial charge is 0.394 e. The summed E-state index contributed by atoms with van der Waals surface area (Å²) in [4.78, 5) is 26.6. The molecule has 134 valence electrons. The summed E-state index contributed by atoms with van der Waals surface area (Å²) >= 11 is 0. The van der Waals surface area contributed by atoms with Crippen LogP contribution < -0.4 is 11.2 Å². The second-order valence-corrected chi connectivity index (χ2v) is 6.31. The molecule has 8 heteroatoms. The van der Waals surface area contributed by atoms with Crippen molar-refractivity contribution in [2.24, 2.45) is 0 Å². The van der Waals surface area contributed by atoms with Crippen LogP contribution in [0.4, 0.5) is 0 Å². The summed E-state index contributed by atoms with van der Waals surface area (Å²) in [5, 5.41) is 29.2. The van der Waals surface area contributed by atoms with Crippen LogP contribution in [0.15, 0.2) is 34.0 Å². The Balaban J connectivity index is 2.11. The molecular formula is C17H20N2O6. The van der Waals surface area contributed by atoms with Gasteiger partial charge in [0, 0.05) is 6.20 Å². The van der Waals surface area contributed by atoms with E-state index in [1.807, 2.05) is 32.0 Å². The lowest BCUT2D eigenvalue weighted by molar-refractivity contribution is -0.0549. The van der Waals surface area contributed by atoms with E-state index in [0.717, 1.165) is 15.7 Å². The highest BCUT2D eigenvalue weighted by Gasteiger charge is 2.43. The molecule has 0 unspecified atom stereocenters. The van der Waals surface area contributed by atoms with Gasteiger partial charge in [0.1, 0.15) is 18.3 Å². The van der Waals surface area contributed by atoms with Crippen LogP contribution in [0.3, 0.4) is 0 Å². The van der Waals surface area contributed by atoms with Crippen molar-refractivity contribution < 1.29 is 20.1 Å². The van der Waals surface area contributed by atoms with Gasteiger partial charge < -0.3 is 20.1 Å². The van der Waals surface area contributed by atoms with Crippen LogP contribution in [0.25, 0.3) is 11.1 Å². The van der Waals surface area contributed by atoms with E-state index < -0.39 is 42.4 Å². The maximum absolute atomic E-state index is 12.2. The molecule has 1 aromatic heterocycles. The fourth-order valence-electron chi connectivity index (χ4n) is 3.12. The number of aliphatic hydroxyl groups is 3. The molecule has 1 fully saturated rings. The molecule has 0 bridgehead atoms. The van der Waals surface area contributed by atoms with Gasteiger partial charge in [-0.25, -0.2) is 4.79 Å². The summed E-state index contributed by atoms with van der Waals surface area (Å²) in [6.07, 6.45) is -3.66. The SMILES string of the molecule is Cc1cc(C)cc(-c2cn([C@@H]3O[C@H](CO)[C@@H](O)[C@H]3O)c(=O)[nH]c2=O)c1. The molecule has 1 aliphatic heterocycles. The minimum atomic E-state index is -1.41. The highest BCUT2D eigenvalue weighted by molar-refractivity contribution is 5.63. The van der Waals surface area contributed by atoms with E-state index in [4.69, 9.17) is 4.74 Å². The van der Waals surface area contributed by atoms with Crippen molar-refractivity contribution >= 4 is 0 Å². The molecule has 0 spiro atoms. The van der Waals surface area contributed by atoms with Gasteiger partial charge in [0.05, 0.1) is 12.2 Å². The quantitative estimate of drug-likeness (QED) is 0.589. The van der Waals surface area contributed by atoms with E-state index in [-0.39, 0.29) is 5.56 Å². The third-order valence-corrected chi connectivity index (χ3v) is 4.29. The van der Waals surface area contributed by atoms with Crippen LogP contribution in [0.2, 0.25) is 0 Å². The lowest BCUT2D eigenvalue weighted by atomic mass is 10.0. The molecule has 3 rings (SSSR count). The van der Waals surface area contributed by atoms with E-state index in [2.05, 4.69) is 4.98 Å². The average molecular weight is 348 g/mol. The lowest BCUT2D eigenvalue weighted by Crippen LogP contribution is -2.38. The summed E-state index contributed by atoms with van der Waals surface area (Å²) in [6.45, 7) is 3.29. The Hall–Kier alpha value is -2.26. The highest BCUT2D eigenvalue weighted by Crippen LogP contribution is 2.29. The van der Waals surface area contributed by atoms with E-state index in [1.54, 1.807) is 0 Å². The number of benzene rings is 1. The van der Waals surface area contributed by atoms with Gasteiger partial charge in [-0.3, -0.25) is 14.3 Å². The summed E-state index contributed by atoms with van der Waals surface area (Å²) in [7, 11) is 0. The first-order valence-electron chi connectivity index (χ1n) is 7.88. The summed E-state index contributed by atoms with van der Waals surface area (Å²) < 4.78 is 6.40. The van der Waals surface area contributed by atoms with Gasteiger partial charge in [-0.15, -0.1) is 0 Å². The molecule has 0 amide bonds. The molecule has 2 heterocycles. The molecule has 1 saturated heterocycles. The maximum atomic E-state index is 12.2. The molecule has 2 aromatic rings. The number of aromatic nitrogens is 2. The van der Waals surface area contributed by atoms with Crippen LogP contribution in [-0.2, 0) is 4.74 Å². The third-order valence-electron chi connectivity index (χ3n) is 4.29. The first-order chi connectivity index (χ1) is 11.8. The van der Waals surface area contributed by atoms with Crippen molar-refractivity contribution in [2.75, 3.05) is 6.61 Å². The third kappa shape index (κ3) is 3.16. The Labute approximate surface area is 143 Å². The number of hydrogen-bond acceptors (Lipinski definition) is 6. The minimum absolute atomic E-state index is 0.240. The fraction of sp³-hybridized carbons (Fsp3) is 0.412. The molecule has 4 atom stereocenters. The van der Waals surface area contributed by atoms with Crippen LogP contribution >= 0.6 is 0 Å². The molecule has 8 nitrogen and oxygen atoms in total. The van der Waals surface area contributed by atoms with Crippen LogP contribution in [0.1, 0.15) is 17.4 Å².